The van der Waals surface area contributed by atoms with Crippen LogP contribution in [0.15, 0.2) is 48.5 Å². The highest BCUT2D eigenvalue weighted by atomic mass is 32.2. The van der Waals surface area contributed by atoms with Gasteiger partial charge < -0.3 is 10.1 Å². The van der Waals surface area contributed by atoms with Crippen LogP contribution in [-0.4, -0.2) is 33.2 Å². The lowest BCUT2D eigenvalue weighted by Gasteiger charge is -2.28. The Labute approximate surface area is 152 Å². The molecule has 0 saturated carbocycles. The Morgan fingerprint density at radius 1 is 1.19 bits per heavy atom. The number of nitrogens with zero attached hydrogens (tertiary/aromatic N) is 1. The van der Waals surface area contributed by atoms with E-state index in [0.717, 1.165) is 10.6 Å². The van der Waals surface area contributed by atoms with Gasteiger partial charge in [-0.05, 0) is 50.2 Å². The summed E-state index contributed by atoms with van der Waals surface area (Å²) in [6, 6.07) is 11.0. The van der Waals surface area contributed by atoms with E-state index in [1.54, 1.807) is 30.3 Å². The van der Waals surface area contributed by atoms with Crippen molar-refractivity contribution in [1.82, 2.24) is 0 Å². The average molecular weight is 380 g/mol. The Morgan fingerprint density at radius 3 is 2.35 bits per heavy atom. The lowest BCUT2D eigenvalue weighted by molar-refractivity contribution is -0.116. The van der Waals surface area contributed by atoms with Crippen molar-refractivity contribution in [2.75, 3.05) is 22.5 Å². The van der Waals surface area contributed by atoms with Crippen LogP contribution in [0.25, 0.3) is 0 Å². The molecule has 0 aromatic heterocycles. The fourth-order valence-electron chi connectivity index (χ4n) is 2.46. The zero-order chi connectivity index (χ0) is 19.3. The van der Waals surface area contributed by atoms with Crippen molar-refractivity contribution >= 4 is 27.3 Å². The van der Waals surface area contributed by atoms with E-state index >= 15 is 0 Å². The van der Waals surface area contributed by atoms with Gasteiger partial charge in [0, 0.05) is 0 Å². The van der Waals surface area contributed by atoms with Crippen LogP contribution in [0.1, 0.15) is 13.8 Å². The maximum atomic E-state index is 13.7. The van der Waals surface area contributed by atoms with Crippen molar-refractivity contribution in [2.24, 2.45) is 0 Å². The van der Waals surface area contributed by atoms with E-state index in [9.17, 15) is 17.6 Å². The van der Waals surface area contributed by atoms with Crippen LogP contribution in [0, 0.1) is 5.82 Å². The molecule has 0 bridgehead atoms. The zero-order valence-electron chi connectivity index (χ0n) is 14.8. The number of carbonyl (C=O) groups is 1. The maximum Gasteiger partial charge on any atom is 0.248 e. The molecule has 0 saturated heterocycles. The number of benzene rings is 2. The van der Waals surface area contributed by atoms with Gasteiger partial charge in [0.2, 0.25) is 15.9 Å². The number of rotatable bonds is 7. The molecule has 2 aromatic carbocycles. The van der Waals surface area contributed by atoms with Crippen LogP contribution in [0.3, 0.4) is 0 Å². The van der Waals surface area contributed by atoms with Crippen molar-refractivity contribution in [1.29, 1.82) is 0 Å². The van der Waals surface area contributed by atoms with E-state index in [0.29, 0.717) is 18.0 Å². The second-order valence-corrected chi connectivity index (χ2v) is 7.49. The Bertz CT molecular complexity index is 869. The van der Waals surface area contributed by atoms with Gasteiger partial charge in [-0.3, -0.25) is 9.10 Å². The predicted molar refractivity (Wildman–Crippen MR) is 99.4 cm³/mol. The number of nitrogens with one attached hydrogen (secondary N) is 1. The predicted octanol–water partition coefficient (Wildman–Crippen LogP) is 3.02. The summed E-state index contributed by atoms with van der Waals surface area (Å²) in [6.45, 7) is 3.76. The first-order valence-electron chi connectivity index (χ1n) is 8.01. The van der Waals surface area contributed by atoms with Crippen molar-refractivity contribution in [3.05, 3.63) is 54.3 Å². The molecule has 0 unspecified atom stereocenters. The van der Waals surface area contributed by atoms with Crippen LogP contribution in [0.4, 0.5) is 15.8 Å². The summed E-state index contributed by atoms with van der Waals surface area (Å²) >= 11 is 0. The summed E-state index contributed by atoms with van der Waals surface area (Å²) in [6.07, 6.45) is 1.01. The number of sulfonamides is 1. The highest BCUT2D eigenvalue weighted by Crippen LogP contribution is 2.24. The number of ether oxygens (including phenoxy) is 1. The molecule has 1 atom stereocenters. The highest BCUT2D eigenvalue weighted by molar-refractivity contribution is 7.92. The van der Waals surface area contributed by atoms with Crippen LogP contribution in [0.5, 0.6) is 5.75 Å². The van der Waals surface area contributed by atoms with Gasteiger partial charge in [0.1, 0.15) is 17.6 Å². The molecule has 1 N–H and O–H groups in total. The van der Waals surface area contributed by atoms with E-state index in [1.807, 2.05) is 6.92 Å². The van der Waals surface area contributed by atoms with Gasteiger partial charge >= 0.3 is 0 Å². The second kappa shape index (κ2) is 8.18. The van der Waals surface area contributed by atoms with E-state index < -0.39 is 27.8 Å². The van der Waals surface area contributed by atoms with Crippen molar-refractivity contribution in [2.45, 2.75) is 19.9 Å². The third kappa shape index (κ3) is 4.72. The molecule has 26 heavy (non-hydrogen) atoms. The Kier molecular flexibility index (Phi) is 6.20. The zero-order valence-corrected chi connectivity index (χ0v) is 15.6. The summed E-state index contributed by atoms with van der Waals surface area (Å²) in [5.74, 6) is -0.650. The molecule has 0 aliphatic heterocycles. The molecule has 0 heterocycles. The first kappa shape index (κ1) is 19.7. The number of hydrogen-bond acceptors (Lipinski definition) is 4. The number of para-hydroxylation sites is 1. The Hall–Kier alpha value is -2.61. The fraction of sp³-hybridized carbons (Fsp3) is 0.278. The van der Waals surface area contributed by atoms with Gasteiger partial charge in [-0.15, -0.1) is 0 Å². The monoisotopic (exact) mass is 380 g/mol. The summed E-state index contributed by atoms with van der Waals surface area (Å²) in [4.78, 5) is 12.5. The average Bonchev–Trinajstić information content (AvgIpc) is 2.57. The molecular weight excluding hydrogens is 359 g/mol. The van der Waals surface area contributed by atoms with E-state index in [1.165, 1.54) is 25.1 Å². The lowest BCUT2D eigenvalue weighted by atomic mass is 10.2. The van der Waals surface area contributed by atoms with Crippen LogP contribution in [-0.2, 0) is 14.8 Å². The molecule has 1 amide bonds. The molecule has 8 heteroatoms. The number of halogens is 1. The standard InChI is InChI=1S/C18H21FN2O4S/c1-4-25-15-11-9-14(10-12-15)21(26(3,23)24)13(2)18(22)20-17-8-6-5-7-16(17)19/h5-13H,4H2,1-3H3,(H,20,22)/t13-/m1/s1. The van der Waals surface area contributed by atoms with Crippen LogP contribution >= 0.6 is 0 Å². The minimum atomic E-state index is -3.75. The van der Waals surface area contributed by atoms with Crippen molar-refractivity contribution in [3.8, 4) is 5.75 Å². The summed E-state index contributed by atoms with van der Waals surface area (Å²) in [5, 5.41) is 2.42. The van der Waals surface area contributed by atoms with Crippen LogP contribution < -0.4 is 14.4 Å². The smallest absolute Gasteiger partial charge is 0.248 e. The second-order valence-electron chi connectivity index (χ2n) is 5.63. The van der Waals surface area contributed by atoms with Crippen LogP contribution in [0.2, 0.25) is 0 Å². The Balaban J connectivity index is 2.28. The molecule has 6 nitrogen and oxygen atoms in total. The molecule has 2 rings (SSSR count). The topological polar surface area (TPSA) is 75.7 Å². The lowest BCUT2D eigenvalue weighted by Crippen LogP contribution is -2.45. The van der Waals surface area contributed by atoms with E-state index in [2.05, 4.69) is 5.32 Å². The molecule has 0 fully saturated rings. The number of amides is 1. The van der Waals surface area contributed by atoms with Gasteiger partial charge in [0.05, 0.1) is 24.2 Å². The minimum Gasteiger partial charge on any atom is -0.494 e. The first-order valence-corrected chi connectivity index (χ1v) is 9.86. The van der Waals surface area contributed by atoms with E-state index in [4.69, 9.17) is 4.74 Å². The third-order valence-electron chi connectivity index (χ3n) is 3.62. The summed E-state index contributed by atoms with van der Waals surface area (Å²) in [7, 11) is -3.75. The summed E-state index contributed by atoms with van der Waals surface area (Å²) < 4.78 is 44.5. The highest BCUT2D eigenvalue weighted by Gasteiger charge is 2.29. The minimum absolute atomic E-state index is 0.00973. The molecule has 0 spiro atoms. The fourth-order valence-corrected chi connectivity index (χ4v) is 3.64. The van der Waals surface area contributed by atoms with Gasteiger partial charge in [-0.25, -0.2) is 12.8 Å². The third-order valence-corrected chi connectivity index (χ3v) is 4.86. The van der Waals surface area contributed by atoms with Gasteiger partial charge in [-0.2, -0.15) is 0 Å². The molecular formula is C18H21FN2O4S. The normalized spacial score (nSPS) is 12.3. The summed E-state index contributed by atoms with van der Waals surface area (Å²) in [5.41, 5.74) is 0.302. The van der Waals surface area contributed by atoms with E-state index in [-0.39, 0.29) is 5.69 Å². The molecule has 0 aliphatic carbocycles. The molecule has 2 aromatic rings. The first-order chi connectivity index (χ1) is 12.2. The molecule has 0 radical (unpaired) electrons. The van der Waals surface area contributed by atoms with Gasteiger partial charge in [0.15, 0.2) is 0 Å². The largest absolute Gasteiger partial charge is 0.494 e. The van der Waals surface area contributed by atoms with Gasteiger partial charge in [0.25, 0.3) is 0 Å². The number of hydrogen-bond donors (Lipinski definition) is 1. The van der Waals surface area contributed by atoms with Gasteiger partial charge in [-0.1, -0.05) is 12.1 Å². The maximum absolute atomic E-state index is 13.7. The van der Waals surface area contributed by atoms with Crippen molar-refractivity contribution < 1.29 is 22.3 Å². The Morgan fingerprint density at radius 2 is 1.81 bits per heavy atom. The van der Waals surface area contributed by atoms with Crippen molar-refractivity contribution in [3.63, 3.8) is 0 Å². The quantitative estimate of drug-likeness (QED) is 0.801. The SMILES string of the molecule is CCOc1ccc(N([C@H](C)C(=O)Nc2ccccc2F)S(C)(=O)=O)cc1. The number of anilines is 2. The molecule has 0 aliphatic rings. The molecule has 140 valence electrons. The number of carbonyl (C=O) groups excluding carboxylic acids is 1.